The molecule has 1 radical (unpaired) electrons. The third-order valence-corrected chi connectivity index (χ3v) is 3.30. The van der Waals surface area contributed by atoms with Crippen molar-refractivity contribution < 1.29 is 46.2 Å². The van der Waals surface area contributed by atoms with Gasteiger partial charge < -0.3 is 9.30 Å². The van der Waals surface area contributed by atoms with Crippen molar-refractivity contribution in [3.8, 4) is 28.8 Å². The Morgan fingerprint density at radius 3 is 2.75 bits per heavy atom. The maximum Gasteiger partial charge on any atom is 0.256 e. The van der Waals surface area contributed by atoms with Gasteiger partial charge in [0, 0.05) is 32.7 Å². The van der Waals surface area contributed by atoms with Crippen LogP contribution >= 0.6 is 11.6 Å². The van der Waals surface area contributed by atoms with Crippen LogP contribution in [0.1, 0.15) is 6.92 Å². The molecule has 0 aliphatic carbocycles. The molecule has 0 saturated heterocycles. The number of hydrogen-bond acceptors (Lipinski definition) is 2. The molecule has 0 atom stereocenters. The largest absolute Gasteiger partial charge is 0.481 e. The van der Waals surface area contributed by atoms with Crippen LogP contribution in [0.5, 0.6) is 5.75 Å². The molecule has 2 aromatic rings. The number of rotatable bonds is 5. The molecule has 0 spiro atoms. The summed E-state index contributed by atoms with van der Waals surface area (Å²) in [6.45, 7) is 1.21. The van der Waals surface area contributed by atoms with E-state index in [-0.39, 0.29) is 50.0 Å². The molecular formula is C17H13ClF2NO2Y-. The van der Waals surface area contributed by atoms with Crippen molar-refractivity contribution in [1.29, 1.82) is 0 Å². The van der Waals surface area contributed by atoms with E-state index in [4.69, 9.17) is 16.3 Å². The van der Waals surface area contributed by atoms with Crippen molar-refractivity contribution in [2.24, 2.45) is 0 Å². The standard InChI is InChI=1S/C17H13ClF2NO2.Y/c1-2-3-9-23-12-7-8-13(14(18)10-12)15-5-4-6-17(22)21(15)11-16(19)20;/h4,6-8,10,16H,9,11H2,1H3;/q-1;. The summed E-state index contributed by atoms with van der Waals surface area (Å²) in [5.74, 6) is 5.95. The summed E-state index contributed by atoms with van der Waals surface area (Å²) in [6.07, 6.45) is -2.66. The van der Waals surface area contributed by atoms with Gasteiger partial charge in [-0.1, -0.05) is 34.8 Å². The molecule has 0 saturated carbocycles. The van der Waals surface area contributed by atoms with Crippen LogP contribution in [0.15, 0.2) is 35.1 Å². The topological polar surface area (TPSA) is 31.2 Å². The SMILES string of the molecule is CC#CCOc1ccc(-c2[c-]ccc(=O)n2CC(F)F)c(Cl)c1.[Y]. The van der Waals surface area contributed by atoms with E-state index >= 15 is 0 Å². The van der Waals surface area contributed by atoms with E-state index in [9.17, 15) is 13.6 Å². The fraction of sp³-hybridized carbons (Fsp3) is 0.235. The number of nitrogens with zero attached hydrogens (tertiary/aromatic N) is 1. The first-order chi connectivity index (χ1) is 11.0. The maximum atomic E-state index is 12.7. The number of halogens is 3. The van der Waals surface area contributed by atoms with Crippen LogP contribution in [0, 0.1) is 17.9 Å². The predicted molar refractivity (Wildman–Crippen MR) is 84.9 cm³/mol. The summed E-state index contributed by atoms with van der Waals surface area (Å²) < 4.78 is 31.7. The molecule has 0 bridgehead atoms. The van der Waals surface area contributed by atoms with E-state index < -0.39 is 18.5 Å². The number of ether oxygens (including phenoxy) is 1. The van der Waals surface area contributed by atoms with Crippen LogP contribution < -0.4 is 10.3 Å². The van der Waals surface area contributed by atoms with Gasteiger partial charge in [-0.25, -0.2) is 8.78 Å². The Kier molecular flexibility index (Phi) is 8.62. The molecule has 24 heavy (non-hydrogen) atoms. The van der Waals surface area contributed by atoms with Crippen molar-refractivity contribution in [1.82, 2.24) is 4.57 Å². The van der Waals surface area contributed by atoms with Gasteiger partial charge in [-0.15, -0.1) is 12.0 Å². The second kappa shape index (κ2) is 9.93. The minimum Gasteiger partial charge on any atom is -0.481 e. The van der Waals surface area contributed by atoms with Crippen LogP contribution in [-0.4, -0.2) is 17.6 Å². The molecule has 0 unspecified atom stereocenters. The second-order valence-electron chi connectivity index (χ2n) is 4.52. The summed E-state index contributed by atoms with van der Waals surface area (Å²) in [6, 6.07) is 10.1. The molecule has 123 valence electrons. The fourth-order valence-corrected chi connectivity index (χ4v) is 2.24. The Labute approximate surface area is 168 Å². The first-order valence-electron chi connectivity index (χ1n) is 6.75. The summed E-state index contributed by atoms with van der Waals surface area (Å²) in [5.41, 5.74) is 0.107. The monoisotopic (exact) mass is 425 g/mol. The van der Waals surface area contributed by atoms with Gasteiger partial charge in [-0.2, -0.15) is 12.1 Å². The molecule has 7 heteroatoms. The smallest absolute Gasteiger partial charge is 0.256 e. The van der Waals surface area contributed by atoms with Gasteiger partial charge in [0.2, 0.25) is 0 Å². The van der Waals surface area contributed by atoms with E-state index in [0.29, 0.717) is 11.3 Å². The van der Waals surface area contributed by atoms with Crippen molar-refractivity contribution in [3.63, 3.8) is 0 Å². The Hall–Kier alpha value is -1.22. The molecule has 1 aromatic heterocycles. The zero-order valence-electron chi connectivity index (χ0n) is 12.9. The van der Waals surface area contributed by atoms with Crippen LogP contribution in [0.2, 0.25) is 5.02 Å². The number of hydrogen-bond donors (Lipinski definition) is 0. The average Bonchev–Trinajstić information content (AvgIpc) is 2.50. The Balaban J connectivity index is 0.00000288. The zero-order chi connectivity index (χ0) is 16.8. The van der Waals surface area contributed by atoms with Crippen molar-refractivity contribution in [2.75, 3.05) is 6.61 Å². The van der Waals surface area contributed by atoms with Gasteiger partial charge in [-0.05, 0) is 24.1 Å². The van der Waals surface area contributed by atoms with Crippen LogP contribution in [0.25, 0.3) is 11.3 Å². The van der Waals surface area contributed by atoms with E-state index in [2.05, 4.69) is 17.9 Å². The second-order valence-corrected chi connectivity index (χ2v) is 4.93. The molecule has 0 N–H and O–H groups in total. The summed E-state index contributed by atoms with van der Waals surface area (Å²) >= 11 is 6.20. The summed E-state index contributed by atoms with van der Waals surface area (Å²) in [5, 5.41) is 0.275. The Morgan fingerprint density at radius 1 is 1.38 bits per heavy atom. The van der Waals surface area contributed by atoms with Crippen molar-refractivity contribution >= 4 is 11.6 Å². The third-order valence-electron chi connectivity index (χ3n) is 2.99. The quantitative estimate of drug-likeness (QED) is 0.541. The minimum atomic E-state index is -2.66. The van der Waals surface area contributed by atoms with Gasteiger partial charge in [0.15, 0.2) is 5.56 Å². The first-order valence-corrected chi connectivity index (χ1v) is 7.12. The number of benzene rings is 1. The molecule has 1 aromatic carbocycles. The summed E-state index contributed by atoms with van der Waals surface area (Å²) in [4.78, 5) is 11.8. The number of pyridine rings is 1. The molecule has 0 aliphatic heterocycles. The van der Waals surface area contributed by atoms with Crippen LogP contribution in [0.3, 0.4) is 0 Å². The molecule has 3 nitrogen and oxygen atoms in total. The van der Waals surface area contributed by atoms with E-state index in [1.165, 1.54) is 12.1 Å². The molecule has 1 heterocycles. The van der Waals surface area contributed by atoms with Crippen molar-refractivity contribution in [3.05, 3.63) is 51.8 Å². The van der Waals surface area contributed by atoms with E-state index in [1.807, 2.05) is 0 Å². The minimum absolute atomic E-state index is 0. The average molecular weight is 426 g/mol. The van der Waals surface area contributed by atoms with E-state index in [0.717, 1.165) is 4.57 Å². The van der Waals surface area contributed by atoms with Crippen molar-refractivity contribution in [2.45, 2.75) is 19.9 Å². The summed E-state index contributed by atoms with van der Waals surface area (Å²) in [7, 11) is 0. The normalized spacial score (nSPS) is 9.88. The van der Waals surface area contributed by atoms with Gasteiger partial charge in [-0.3, -0.25) is 4.79 Å². The van der Waals surface area contributed by atoms with E-state index in [1.54, 1.807) is 25.1 Å². The molecular weight excluding hydrogens is 413 g/mol. The molecule has 0 aliphatic rings. The zero-order valence-corrected chi connectivity index (χ0v) is 16.4. The van der Waals surface area contributed by atoms with Crippen LogP contribution in [0.4, 0.5) is 8.78 Å². The van der Waals surface area contributed by atoms with Gasteiger partial charge in [0.05, 0.1) is 6.54 Å². The Bertz CT molecular complexity index is 812. The third kappa shape index (κ3) is 5.41. The molecule has 2 rings (SSSR count). The van der Waals surface area contributed by atoms with Gasteiger partial charge in [0.1, 0.15) is 12.4 Å². The van der Waals surface area contributed by atoms with Crippen LogP contribution in [-0.2, 0) is 39.3 Å². The molecule has 0 fully saturated rings. The van der Waals surface area contributed by atoms with Gasteiger partial charge in [0.25, 0.3) is 6.43 Å². The fourth-order valence-electron chi connectivity index (χ4n) is 1.98. The number of alkyl halides is 2. The maximum absolute atomic E-state index is 12.7. The van der Waals surface area contributed by atoms with Gasteiger partial charge >= 0.3 is 0 Å². The molecule has 0 amide bonds. The Morgan fingerprint density at radius 2 is 2.12 bits per heavy atom. The predicted octanol–water partition coefficient (Wildman–Crippen LogP) is 3.63. The number of aromatic nitrogens is 1. The first kappa shape index (κ1) is 20.8.